The van der Waals surface area contributed by atoms with Gasteiger partial charge in [-0.25, -0.2) is 0 Å². The van der Waals surface area contributed by atoms with Crippen LogP contribution in [0.2, 0.25) is 10.0 Å². The first-order valence-electron chi connectivity index (χ1n) is 18.8. The zero-order chi connectivity index (χ0) is 46.5. The van der Waals surface area contributed by atoms with Crippen molar-refractivity contribution in [2.75, 3.05) is 35.5 Å². The number of amides is 4. The molecule has 0 saturated carbocycles. The lowest BCUT2D eigenvalue weighted by Crippen LogP contribution is -2.32. The summed E-state index contributed by atoms with van der Waals surface area (Å²) in [5.41, 5.74) is 3.06. The lowest BCUT2D eigenvalue weighted by atomic mass is 10.1. The summed E-state index contributed by atoms with van der Waals surface area (Å²) >= 11 is 24.4. The van der Waals surface area contributed by atoms with Crippen molar-refractivity contribution in [3.8, 4) is 11.5 Å². The summed E-state index contributed by atoms with van der Waals surface area (Å²) in [6.45, 7) is 2.28. The largest absolute Gasteiger partial charge is 0.494 e. The maximum absolute atomic E-state index is 13.5. The summed E-state index contributed by atoms with van der Waals surface area (Å²) in [5.74, 6) is -3.66. The number of alkyl halides is 2. The fraction of sp³-hybridized carbons (Fsp3) is 0.182. The molecule has 64 heavy (non-hydrogen) atoms. The zero-order valence-electron chi connectivity index (χ0n) is 34.4. The van der Waals surface area contributed by atoms with E-state index >= 15 is 0 Å². The van der Waals surface area contributed by atoms with Gasteiger partial charge in [-0.2, -0.15) is 20.5 Å². The van der Waals surface area contributed by atoms with Gasteiger partial charge in [0.15, 0.2) is 11.6 Å². The molecule has 2 atom stereocenters. The molecule has 0 aliphatic rings. The number of azo groups is 2. The van der Waals surface area contributed by atoms with Crippen LogP contribution in [0.5, 0.6) is 11.5 Å². The molecule has 0 bridgehead atoms. The number of hydrogen-bond acceptors (Lipinski definition) is 12. The average molecular weight is 949 g/mol. The first-order chi connectivity index (χ1) is 30.6. The molecule has 5 aromatic rings. The molecule has 16 nitrogen and oxygen atoms in total. The van der Waals surface area contributed by atoms with Crippen LogP contribution in [-0.2, 0) is 30.9 Å². The number of hydrogen-bond donors (Lipinski definition) is 4. The number of benzene rings is 5. The second-order valence-electron chi connectivity index (χ2n) is 13.7. The molecular formula is C44H38Cl4N8O8. The van der Waals surface area contributed by atoms with E-state index in [0.29, 0.717) is 11.4 Å². The van der Waals surface area contributed by atoms with Crippen LogP contribution in [0.15, 0.2) is 118 Å². The van der Waals surface area contributed by atoms with E-state index in [1.807, 2.05) is 12.1 Å². The third kappa shape index (κ3) is 13.2. The van der Waals surface area contributed by atoms with Crippen molar-refractivity contribution in [3.05, 3.63) is 129 Å². The molecule has 0 spiro atoms. The van der Waals surface area contributed by atoms with Gasteiger partial charge in [0.05, 0.1) is 37.0 Å². The number of Topliss-reactive ketones (excluding diaryl/α,β-unsaturated/α-hetero) is 2. The third-order valence-electron chi connectivity index (χ3n) is 8.85. The molecule has 0 aliphatic heterocycles. The zero-order valence-corrected chi connectivity index (χ0v) is 37.4. The molecule has 0 heterocycles. The molecule has 330 valence electrons. The van der Waals surface area contributed by atoms with Crippen molar-refractivity contribution in [2.24, 2.45) is 20.5 Å². The van der Waals surface area contributed by atoms with Gasteiger partial charge in [0, 0.05) is 56.4 Å². The SMILES string of the molecule is COc1cc(NC(=O)C(N=Nc2cc(Cl)cc(C(=O)Nc3cccc(CCl)c3)c2)C(C)=O)c(OC)cc1NC(=O)C(N=Nc1cc(Cl)cc(C(=O)Nc2cccc(CCl)c2)c1)C(C)=O. The minimum Gasteiger partial charge on any atom is -0.494 e. The van der Waals surface area contributed by atoms with Gasteiger partial charge < -0.3 is 30.7 Å². The minimum absolute atomic E-state index is 0.00545. The number of methoxy groups -OCH3 is 2. The highest BCUT2D eigenvalue weighted by atomic mass is 35.5. The molecule has 4 amide bonds. The maximum Gasteiger partial charge on any atom is 0.258 e. The second kappa shape index (κ2) is 22.6. The van der Waals surface area contributed by atoms with Gasteiger partial charge in [0.1, 0.15) is 11.5 Å². The Morgan fingerprint density at radius 2 is 0.938 bits per heavy atom. The Labute approximate surface area is 386 Å². The normalized spacial score (nSPS) is 12.0. The molecule has 0 saturated heterocycles. The van der Waals surface area contributed by atoms with Crippen LogP contribution >= 0.6 is 46.4 Å². The number of ether oxygens (including phenoxy) is 2. The van der Waals surface area contributed by atoms with Gasteiger partial charge in [-0.3, -0.25) is 28.8 Å². The molecule has 20 heteroatoms. The summed E-state index contributed by atoms with van der Waals surface area (Å²) in [4.78, 5) is 78.4. The monoisotopic (exact) mass is 946 g/mol. The van der Waals surface area contributed by atoms with Gasteiger partial charge >= 0.3 is 0 Å². The van der Waals surface area contributed by atoms with E-state index in [1.165, 1.54) is 62.8 Å². The van der Waals surface area contributed by atoms with Crippen LogP contribution in [0.4, 0.5) is 34.1 Å². The minimum atomic E-state index is -1.66. The van der Waals surface area contributed by atoms with Gasteiger partial charge in [-0.1, -0.05) is 47.5 Å². The Kier molecular flexibility index (Phi) is 17.0. The molecule has 0 radical (unpaired) electrons. The quantitative estimate of drug-likeness (QED) is 0.0375. The number of anilines is 4. The number of ketones is 2. The Morgan fingerprint density at radius 3 is 1.28 bits per heavy atom. The van der Waals surface area contributed by atoms with Crippen LogP contribution < -0.4 is 30.7 Å². The van der Waals surface area contributed by atoms with Crippen molar-refractivity contribution in [1.29, 1.82) is 0 Å². The van der Waals surface area contributed by atoms with Gasteiger partial charge in [-0.05, 0) is 85.6 Å². The lowest BCUT2D eigenvalue weighted by Gasteiger charge is -2.18. The van der Waals surface area contributed by atoms with E-state index in [2.05, 4.69) is 41.7 Å². The standard InChI is InChI=1S/C44H38Cl4N8O8/c1-23(57)39(55-53-33-15-27(13-29(47)17-33)41(59)49-31-9-5-7-25(11-31)21-45)43(61)51-35-19-38(64-4)36(20-37(35)63-3)52-44(62)40(24(2)58)56-54-34-16-28(14-30(48)18-34)42(60)50-32-10-6-8-26(12-32)22-46/h5-20,39-40H,21-22H2,1-4H3,(H,49,59)(H,50,60)(H,51,61)(H,52,62). The first kappa shape index (κ1) is 48.3. The molecule has 5 aromatic carbocycles. The Bertz CT molecular complexity index is 2500. The second-order valence-corrected chi connectivity index (χ2v) is 15.1. The maximum atomic E-state index is 13.5. The predicted octanol–water partition coefficient (Wildman–Crippen LogP) is 10.4. The Morgan fingerprint density at radius 1 is 0.547 bits per heavy atom. The number of nitrogens with zero attached hydrogens (tertiary/aromatic N) is 4. The molecule has 0 aromatic heterocycles. The van der Waals surface area contributed by atoms with Crippen LogP contribution in [0.25, 0.3) is 0 Å². The summed E-state index contributed by atoms with van der Waals surface area (Å²) < 4.78 is 10.9. The van der Waals surface area contributed by atoms with E-state index in [-0.39, 0.29) is 67.2 Å². The topological polar surface area (TPSA) is 218 Å². The molecule has 0 fully saturated rings. The Hall–Kier alpha value is -6.72. The molecular weight excluding hydrogens is 910 g/mol. The van der Waals surface area contributed by atoms with Crippen LogP contribution in [-0.4, -0.2) is 61.5 Å². The smallest absolute Gasteiger partial charge is 0.258 e. The summed E-state index contributed by atoms with van der Waals surface area (Å²) in [6, 6.07) is 21.6. The van der Waals surface area contributed by atoms with Crippen molar-refractivity contribution < 1.29 is 38.2 Å². The number of carbonyl (C=O) groups is 6. The number of halogens is 4. The summed E-state index contributed by atoms with van der Waals surface area (Å²) in [5, 5.41) is 26.9. The van der Waals surface area contributed by atoms with E-state index in [9.17, 15) is 28.8 Å². The van der Waals surface area contributed by atoms with Gasteiger partial charge in [0.25, 0.3) is 23.6 Å². The van der Waals surface area contributed by atoms with Crippen LogP contribution in [0.1, 0.15) is 45.7 Å². The molecule has 4 N–H and O–H groups in total. The van der Waals surface area contributed by atoms with Gasteiger partial charge in [-0.15, -0.1) is 23.2 Å². The van der Waals surface area contributed by atoms with E-state index in [4.69, 9.17) is 55.9 Å². The third-order valence-corrected chi connectivity index (χ3v) is 9.90. The van der Waals surface area contributed by atoms with Crippen molar-refractivity contribution >= 4 is 116 Å². The highest BCUT2D eigenvalue weighted by Gasteiger charge is 2.28. The van der Waals surface area contributed by atoms with Crippen LogP contribution in [0, 0.1) is 0 Å². The highest BCUT2D eigenvalue weighted by molar-refractivity contribution is 6.31. The number of carbonyl (C=O) groups excluding carboxylic acids is 6. The summed E-state index contributed by atoms with van der Waals surface area (Å²) in [6.07, 6.45) is 0. The summed E-state index contributed by atoms with van der Waals surface area (Å²) in [7, 11) is 2.57. The fourth-order valence-corrected chi connectivity index (χ4v) is 6.57. The predicted molar refractivity (Wildman–Crippen MR) is 246 cm³/mol. The van der Waals surface area contributed by atoms with E-state index < -0.39 is 47.3 Å². The van der Waals surface area contributed by atoms with E-state index in [1.54, 1.807) is 36.4 Å². The first-order valence-corrected chi connectivity index (χ1v) is 20.7. The Balaban J connectivity index is 1.30. The average Bonchev–Trinajstić information content (AvgIpc) is 3.26. The van der Waals surface area contributed by atoms with Gasteiger partial charge in [0.2, 0.25) is 12.1 Å². The van der Waals surface area contributed by atoms with Crippen LogP contribution in [0.3, 0.4) is 0 Å². The number of rotatable bonds is 18. The van der Waals surface area contributed by atoms with Crippen molar-refractivity contribution in [1.82, 2.24) is 0 Å². The molecule has 5 rings (SSSR count). The number of nitrogens with one attached hydrogen (secondary N) is 4. The fourth-order valence-electron chi connectivity index (χ4n) is 5.78. The molecule has 2 unspecified atom stereocenters. The molecule has 0 aliphatic carbocycles. The lowest BCUT2D eigenvalue weighted by molar-refractivity contribution is -0.127. The van der Waals surface area contributed by atoms with E-state index in [0.717, 1.165) is 25.0 Å². The highest BCUT2D eigenvalue weighted by Crippen LogP contribution is 2.37. The van der Waals surface area contributed by atoms with Crippen molar-refractivity contribution in [3.63, 3.8) is 0 Å². The van der Waals surface area contributed by atoms with Crippen molar-refractivity contribution in [2.45, 2.75) is 37.7 Å².